The molecule has 4 rings (SSSR count). The van der Waals surface area contributed by atoms with Crippen LogP contribution in [0.25, 0.3) is 22.2 Å². The third kappa shape index (κ3) is 3.82. The molecule has 0 amide bonds. The molecule has 3 aromatic rings. The predicted octanol–water partition coefficient (Wildman–Crippen LogP) is 2.35. The Bertz CT molecular complexity index is 1150. The van der Waals surface area contributed by atoms with Gasteiger partial charge in [0.2, 0.25) is 10.0 Å². The number of aromatic nitrogens is 3. The summed E-state index contributed by atoms with van der Waals surface area (Å²) in [7, 11) is -3.56. The van der Waals surface area contributed by atoms with Crippen LogP contribution in [0.15, 0.2) is 59.3 Å². The van der Waals surface area contributed by atoms with E-state index in [4.69, 9.17) is 5.73 Å². The molecule has 0 saturated heterocycles. The monoisotopic (exact) mass is 401 g/mol. The van der Waals surface area contributed by atoms with Crippen molar-refractivity contribution in [3.63, 3.8) is 0 Å². The van der Waals surface area contributed by atoms with Gasteiger partial charge in [-0.1, -0.05) is 29.5 Å². The van der Waals surface area contributed by atoms with Crippen molar-refractivity contribution in [1.29, 1.82) is 0 Å². The molecule has 146 valence electrons. The van der Waals surface area contributed by atoms with Gasteiger partial charge in [0.1, 0.15) is 11.3 Å². The Morgan fingerprint density at radius 1 is 1.29 bits per heavy atom. The average Bonchev–Trinajstić information content (AvgIpc) is 3.39. The average molecular weight is 401 g/mol. The number of nitrogens with zero attached hydrogens (tertiary/aromatic N) is 3. The maximum absolute atomic E-state index is 13.8. The van der Waals surface area contributed by atoms with Crippen molar-refractivity contribution in [2.24, 2.45) is 5.73 Å². The fraction of sp³-hybridized carbons (Fsp3) is 0.263. The highest BCUT2D eigenvalue weighted by Crippen LogP contribution is 2.29. The van der Waals surface area contributed by atoms with Crippen LogP contribution in [0.4, 0.5) is 4.39 Å². The lowest BCUT2D eigenvalue weighted by Crippen LogP contribution is -2.25. The van der Waals surface area contributed by atoms with Gasteiger partial charge in [-0.3, -0.25) is 0 Å². The van der Waals surface area contributed by atoms with Crippen molar-refractivity contribution in [2.45, 2.75) is 30.3 Å². The number of rotatable bonds is 7. The molecule has 0 unspecified atom stereocenters. The third-order valence-electron chi connectivity index (χ3n) is 4.54. The number of fused-ring (bicyclic) bond motifs is 1. The number of hydrogen-bond acceptors (Lipinski definition) is 5. The maximum Gasteiger partial charge on any atom is 0.240 e. The molecule has 1 heterocycles. The van der Waals surface area contributed by atoms with Gasteiger partial charge < -0.3 is 5.73 Å². The summed E-state index contributed by atoms with van der Waals surface area (Å²) in [5.74, 6) is -0.390. The van der Waals surface area contributed by atoms with Gasteiger partial charge in [0.25, 0.3) is 0 Å². The van der Waals surface area contributed by atoms with Crippen molar-refractivity contribution in [3.8, 4) is 11.1 Å². The first-order valence-electron chi connectivity index (χ1n) is 8.97. The molecular weight excluding hydrogens is 381 g/mol. The van der Waals surface area contributed by atoms with Crippen LogP contribution in [0.3, 0.4) is 0 Å². The third-order valence-corrected chi connectivity index (χ3v) is 6.06. The number of sulfonamides is 1. The normalized spacial score (nSPS) is 15.3. The van der Waals surface area contributed by atoms with Crippen LogP contribution < -0.4 is 10.5 Å². The number of allylic oxidation sites excluding steroid dienone is 1. The van der Waals surface area contributed by atoms with Crippen molar-refractivity contribution in [2.75, 3.05) is 6.54 Å². The van der Waals surface area contributed by atoms with Gasteiger partial charge in [0.15, 0.2) is 0 Å². The minimum absolute atomic E-state index is 0.0356. The van der Waals surface area contributed by atoms with Gasteiger partial charge in [-0.05, 0) is 42.7 Å². The van der Waals surface area contributed by atoms with Crippen LogP contribution in [0.1, 0.15) is 12.8 Å². The van der Waals surface area contributed by atoms with E-state index in [0.717, 1.165) is 18.4 Å². The molecule has 1 aliphatic carbocycles. The smallest absolute Gasteiger partial charge is 0.240 e. The van der Waals surface area contributed by atoms with E-state index in [1.807, 2.05) is 18.2 Å². The molecule has 1 aliphatic rings. The molecule has 0 aliphatic heterocycles. The molecule has 1 aromatic heterocycles. The highest BCUT2D eigenvalue weighted by Gasteiger charge is 2.28. The molecule has 2 aromatic carbocycles. The van der Waals surface area contributed by atoms with Crippen LogP contribution in [-0.4, -0.2) is 36.0 Å². The summed E-state index contributed by atoms with van der Waals surface area (Å²) in [6, 6.07) is 12.2. The standard InChI is InChI=1S/C19H20FN5O2S/c20-14(9-10-21)12-25-18-6-2-5-17(19(18)22-24-25)13-3-1-4-16(11-13)28(26,27)23-15-7-8-15/h1-6,9,11,15,23H,7-8,10,12,21H2/b14-9-. The predicted molar refractivity (Wildman–Crippen MR) is 105 cm³/mol. The lowest BCUT2D eigenvalue weighted by molar-refractivity contribution is 0.524. The Balaban J connectivity index is 1.72. The van der Waals surface area contributed by atoms with Crippen molar-refractivity contribution in [3.05, 3.63) is 54.4 Å². The number of halogens is 1. The lowest BCUT2D eigenvalue weighted by Gasteiger charge is -2.08. The number of benzene rings is 2. The summed E-state index contributed by atoms with van der Waals surface area (Å²) < 4.78 is 43.0. The van der Waals surface area contributed by atoms with Crippen molar-refractivity contribution < 1.29 is 12.8 Å². The van der Waals surface area contributed by atoms with Gasteiger partial charge in [0, 0.05) is 18.2 Å². The first kappa shape index (κ1) is 18.7. The molecule has 0 atom stereocenters. The van der Waals surface area contributed by atoms with Crippen molar-refractivity contribution >= 4 is 21.1 Å². The molecule has 28 heavy (non-hydrogen) atoms. The van der Waals surface area contributed by atoms with E-state index in [9.17, 15) is 12.8 Å². The Kier molecular flexibility index (Phi) is 4.96. The first-order chi connectivity index (χ1) is 13.5. The summed E-state index contributed by atoms with van der Waals surface area (Å²) in [5, 5.41) is 8.22. The van der Waals surface area contributed by atoms with Crippen LogP contribution in [0.2, 0.25) is 0 Å². The van der Waals surface area contributed by atoms with Crippen molar-refractivity contribution in [1.82, 2.24) is 19.7 Å². The fourth-order valence-electron chi connectivity index (χ4n) is 3.00. The number of hydrogen-bond donors (Lipinski definition) is 2. The Labute approximate surface area is 162 Å². The zero-order valence-electron chi connectivity index (χ0n) is 15.0. The SMILES string of the molecule is NC/C=C(\F)Cn1nnc2c(-c3cccc(S(=O)(=O)NC4CC4)c3)cccc21. The summed E-state index contributed by atoms with van der Waals surface area (Å²) >= 11 is 0. The van der Waals surface area contributed by atoms with Crippen LogP contribution >= 0.6 is 0 Å². The van der Waals surface area contributed by atoms with Gasteiger partial charge in [0.05, 0.1) is 17.0 Å². The van der Waals surface area contributed by atoms with Crippen LogP contribution in [0.5, 0.6) is 0 Å². The Morgan fingerprint density at radius 3 is 2.82 bits per heavy atom. The molecule has 9 heteroatoms. The van der Waals surface area contributed by atoms with Gasteiger partial charge >= 0.3 is 0 Å². The molecule has 1 fully saturated rings. The largest absolute Gasteiger partial charge is 0.327 e. The molecule has 1 saturated carbocycles. The van der Waals surface area contributed by atoms with E-state index >= 15 is 0 Å². The second-order valence-electron chi connectivity index (χ2n) is 6.73. The highest BCUT2D eigenvalue weighted by atomic mass is 32.2. The van der Waals surface area contributed by atoms with Crippen LogP contribution in [0, 0.1) is 0 Å². The Hall–Kier alpha value is -2.62. The number of nitrogens with two attached hydrogens (primary N) is 1. The summed E-state index contributed by atoms with van der Waals surface area (Å²) in [4.78, 5) is 0.207. The topological polar surface area (TPSA) is 103 Å². The van der Waals surface area contributed by atoms with E-state index in [-0.39, 0.29) is 29.9 Å². The summed E-state index contributed by atoms with van der Waals surface area (Å²) in [6.45, 7) is 0.0523. The Morgan fingerprint density at radius 2 is 2.07 bits per heavy atom. The zero-order valence-corrected chi connectivity index (χ0v) is 15.9. The van der Waals surface area contributed by atoms with Gasteiger partial charge in [-0.15, -0.1) is 5.10 Å². The maximum atomic E-state index is 13.8. The second kappa shape index (κ2) is 7.42. The molecule has 0 spiro atoms. The minimum atomic E-state index is -3.56. The second-order valence-corrected chi connectivity index (χ2v) is 8.44. The first-order valence-corrected chi connectivity index (χ1v) is 10.5. The van der Waals surface area contributed by atoms with E-state index in [0.29, 0.717) is 16.6 Å². The molecule has 0 bridgehead atoms. The zero-order chi connectivity index (χ0) is 19.7. The molecule has 7 nitrogen and oxygen atoms in total. The van der Waals surface area contributed by atoms with E-state index in [2.05, 4.69) is 15.0 Å². The van der Waals surface area contributed by atoms with E-state index in [1.54, 1.807) is 24.3 Å². The van der Waals surface area contributed by atoms with E-state index < -0.39 is 10.0 Å². The van der Waals surface area contributed by atoms with Gasteiger partial charge in [-0.25, -0.2) is 22.2 Å². The quantitative estimate of drug-likeness (QED) is 0.633. The molecule has 0 radical (unpaired) electrons. The fourth-order valence-corrected chi connectivity index (χ4v) is 4.35. The molecule has 3 N–H and O–H groups in total. The summed E-state index contributed by atoms with van der Waals surface area (Å²) in [6.07, 6.45) is 3.03. The van der Waals surface area contributed by atoms with Gasteiger partial charge in [-0.2, -0.15) is 0 Å². The summed E-state index contributed by atoms with van der Waals surface area (Å²) in [5.41, 5.74) is 8.01. The minimum Gasteiger partial charge on any atom is -0.327 e. The molecular formula is C19H20FN5O2S. The van der Waals surface area contributed by atoms with Crippen LogP contribution in [-0.2, 0) is 16.6 Å². The highest BCUT2D eigenvalue weighted by molar-refractivity contribution is 7.89. The lowest BCUT2D eigenvalue weighted by atomic mass is 10.0. The number of nitrogens with one attached hydrogen (secondary N) is 1. The van der Waals surface area contributed by atoms with E-state index in [1.165, 1.54) is 10.8 Å².